The molecule has 1 aliphatic heterocycles. The average molecular weight is 423 g/mol. The number of benzene rings is 2. The van der Waals surface area contributed by atoms with Crippen molar-refractivity contribution < 1.29 is 9.59 Å². The number of rotatable bonds is 8. The molecule has 1 heterocycles. The van der Waals surface area contributed by atoms with E-state index in [4.69, 9.17) is 0 Å². The molecule has 0 aliphatic carbocycles. The van der Waals surface area contributed by atoms with Gasteiger partial charge in [-0.1, -0.05) is 55.0 Å². The van der Waals surface area contributed by atoms with Crippen LogP contribution in [0.15, 0.2) is 60.7 Å². The zero-order chi connectivity index (χ0) is 22.1. The van der Waals surface area contributed by atoms with E-state index in [1.54, 1.807) is 0 Å². The smallest absolute Gasteiger partial charge is 0.319 e. The van der Waals surface area contributed by atoms with Crippen molar-refractivity contribution in [2.45, 2.75) is 51.7 Å². The minimum absolute atomic E-state index is 0.130. The maximum absolute atomic E-state index is 13.2. The molecule has 1 saturated heterocycles. The lowest BCUT2D eigenvalue weighted by atomic mass is 10.0. The lowest BCUT2D eigenvalue weighted by Crippen LogP contribution is -2.52. The van der Waals surface area contributed by atoms with Gasteiger partial charge in [0.1, 0.15) is 0 Å². The van der Waals surface area contributed by atoms with Gasteiger partial charge in [0.05, 0.1) is 6.54 Å². The maximum atomic E-state index is 13.2. The van der Waals surface area contributed by atoms with Crippen molar-refractivity contribution >= 4 is 17.6 Å². The van der Waals surface area contributed by atoms with Gasteiger partial charge in [-0.2, -0.15) is 0 Å². The van der Waals surface area contributed by atoms with Crippen LogP contribution in [0.1, 0.15) is 38.7 Å². The van der Waals surface area contributed by atoms with E-state index in [1.165, 1.54) is 0 Å². The molecule has 1 atom stereocenters. The second-order valence-electron chi connectivity index (χ2n) is 8.42. The van der Waals surface area contributed by atoms with Gasteiger partial charge in [0.15, 0.2) is 0 Å². The molecule has 166 valence electrons. The fourth-order valence-corrected chi connectivity index (χ4v) is 4.01. The Morgan fingerprint density at radius 2 is 1.71 bits per heavy atom. The molecule has 2 aromatic rings. The maximum Gasteiger partial charge on any atom is 0.319 e. The zero-order valence-electron chi connectivity index (χ0n) is 18.6. The Bertz CT molecular complexity index is 826. The van der Waals surface area contributed by atoms with E-state index < -0.39 is 0 Å². The molecule has 0 bridgehead atoms. The third-order valence-corrected chi connectivity index (χ3v) is 5.76. The highest BCUT2D eigenvalue weighted by Crippen LogP contribution is 2.18. The normalized spacial score (nSPS) is 16.7. The first-order valence-corrected chi connectivity index (χ1v) is 11.2. The summed E-state index contributed by atoms with van der Waals surface area (Å²) >= 11 is 0. The number of para-hydroxylation sites is 1. The predicted molar refractivity (Wildman–Crippen MR) is 125 cm³/mol. The van der Waals surface area contributed by atoms with Crippen molar-refractivity contribution in [1.29, 1.82) is 0 Å². The number of likely N-dealkylation sites (tertiary alicyclic amines) is 1. The molecule has 1 aliphatic rings. The van der Waals surface area contributed by atoms with Crippen molar-refractivity contribution in [2.75, 3.05) is 25.0 Å². The highest BCUT2D eigenvalue weighted by atomic mass is 16.2. The number of nitrogens with one attached hydrogen (secondary N) is 2. The van der Waals surface area contributed by atoms with Crippen molar-refractivity contribution in [1.82, 2.24) is 15.1 Å². The number of anilines is 1. The quantitative estimate of drug-likeness (QED) is 0.673. The fraction of sp³-hybridized carbons (Fsp3) is 0.440. The van der Waals surface area contributed by atoms with Crippen LogP contribution in [0.25, 0.3) is 0 Å². The summed E-state index contributed by atoms with van der Waals surface area (Å²) in [5, 5.41) is 5.83. The van der Waals surface area contributed by atoms with E-state index in [-0.39, 0.29) is 24.0 Å². The lowest BCUT2D eigenvalue weighted by molar-refractivity contribution is -0.135. The molecule has 3 rings (SSSR count). The Morgan fingerprint density at radius 1 is 1.03 bits per heavy atom. The Labute approximate surface area is 185 Å². The molecule has 0 saturated carbocycles. The van der Waals surface area contributed by atoms with Gasteiger partial charge in [-0.25, -0.2) is 4.79 Å². The molecule has 31 heavy (non-hydrogen) atoms. The van der Waals surface area contributed by atoms with Gasteiger partial charge in [-0.05, 0) is 50.9 Å². The first-order chi connectivity index (χ1) is 15.0. The number of hydrogen-bond donors (Lipinski definition) is 2. The topological polar surface area (TPSA) is 64.7 Å². The first kappa shape index (κ1) is 22.8. The van der Waals surface area contributed by atoms with Crippen LogP contribution < -0.4 is 10.6 Å². The molecule has 2 aromatic carbocycles. The third kappa shape index (κ3) is 7.10. The van der Waals surface area contributed by atoms with Gasteiger partial charge in [-0.3, -0.25) is 9.69 Å². The van der Waals surface area contributed by atoms with Crippen LogP contribution in [0, 0.1) is 0 Å². The molecule has 1 unspecified atom stereocenters. The second kappa shape index (κ2) is 11.5. The number of piperidine rings is 1. The van der Waals surface area contributed by atoms with Gasteiger partial charge in [0.2, 0.25) is 5.91 Å². The molecular formula is C25H34N4O2. The van der Waals surface area contributed by atoms with Crippen LogP contribution in [0.3, 0.4) is 0 Å². The molecular weight excluding hydrogens is 388 g/mol. The summed E-state index contributed by atoms with van der Waals surface area (Å²) in [6.07, 6.45) is 3.19. The number of carbonyl (C=O) groups is 2. The summed E-state index contributed by atoms with van der Waals surface area (Å²) in [6.45, 7) is 6.54. The first-order valence-electron chi connectivity index (χ1n) is 11.2. The lowest BCUT2D eigenvalue weighted by Gasteiger charge is -2.37. The highest BCUT2D eigenvalue weighted by Gasteiger charge is 2.27. The van der Waals surface area contributed by atoms with Crippen LogP contribution in [0.5, 0.6) is 0 Å². The summed E-state index contributed by atoms with van der Waals surface area (Å²) in [4.78, 5) is 29.6. The van der Waals surface area contributed by atoms with E-state index in [0.29, 0.717) is 19.6 Å². The minimum Gasteiger partial charge on any atom is -0.336 e. The monoisotopic (exact) mass is 422 g/mol. The van der Waals surface area contributed by atoms with Gasteiger partial charge >= 0.3 is 6.03 Å². The fourth-order valence-electron chi connectivity index (χ4n) is 4.01. The number of hydrogen-bond acceptors (Lipinski definition) is 3. The summed E-state index contributed by atoms with van der Waals surface area (Å²) < 4.78 is 0. The number of carbonyl (C=O) groups excluding carboxylic acids is 2. The molecule has 0 radical (unpaired) electrons. The number of amides is 3. The van der Waals surface area contributed by atoms with E-state index in [1.807, 2.05) is 53.4 Å². The summed E-state index contributed by atoms with van der Waals surface area (Å²) in [5.74, 6) is 0.138. The van der Waals surface area contributed by atoms with E-state index in [2.05, 4.69) is 41.5 Å². The Kier molecular flexibility index (Phi) is 8.47. The van der Waals surface area contributed by atoms with Crippen LogP contribution in [0.4, 0.5) is 10.5 Å². The highest BCUT2D eigenvalue weighted by molar-refractivity contribution is 5.89. The van der Waals surface area contributed by atoms with Gasteiger partial charge in [0, 0.05) is 30.9 Å². The van der Waals surface area contributed by atoms with Gasteiger partial charge in [-0.15, -0.1) is 0 Å². The Morgan fingerprint density at radius 3 is 2.39 bits per heavy atom. The van der Waals surface area contributed by atoms with Gasteiger partial charge in [0.25, 0.3) is 0 Å². The predicted octanol–water partition coefficient (Wildman–Crippen LogP) is 4.10. The largest absolute Gasteiger partial charge is 0.336 e. The molecule has 1 fully saturated rings. The Balaban J connectivity index is 1.55. The van der Waals surface area contributed by atoms with Crippen molar-refractivity contribution in [3.63, 3.8) is 0 Å². The van der Waals surface area contributed by atoms with E-state index in [0.717, 1.165) is 37.1 Å². The summed E-state index contributed by atoms with van der Waals surface area (Å²) in [7, 11) is 0. The molecule has 0 spiro atoms. The minimum atomic E-state index is -0.212. The number of urea groups is 1. The second-order valence-corrected chi connectivity index (χ2v) is 8.42. The summed E-state index contributed by atoms with van der Waals surface area (Å²) in [5.41, 5.74) is 1.91. The third-order valence-electron chi connectivity index (χ3n) is 5.76. The molecule has 3 amide bonds. The van der Waals surface area contributed by atoms with Crippen LogP contribution in [-0.4, -0.2) is 53.5 Å². The average Bonchev–Trinajstić information content (AvgIpc) is 2.78. The zero-order valence-corrected chi connectivity index (χ0v) is 18.6. The van der Waals surface area contributed by atoms with Crippen molar-refractivity contribution in [3.8, 4) is 0 Å². The number of nitrogens with zero attached hydrogens (tertiary/aromatic N) is 2. The van der Waals surface area contributed by atoms with Crippen LogP contribution >= 0.6 is 0 Å². The summed E-state index contributed by atoms with van der Waals surface area (Å²) in [6, 6.07) is 19.6. The molecule has 0 aromatic heterocycles. The van der Waals surface area contributed by atoms with Crippen molar-refractivity contribution in [3.05, 3.63) is 66.2 Å². The molecule has 6 heteroatoms. The standard InChI is InChI=1S/C25H34N4O2/c1-20(2)29(18-21-11-5-3-6-12-21)24(30)19-28-16-10-9-15-23(28)17-26-25(31)27-22-13-7-4-8-14-22/h3-8,11-14,20,23H,9-10,15-19H2,1-2H3,(H2,26,27,31). The van der Waals surface area contributed by atoms with Gasteiger partial charge < -0.3 is 15.5 Å². The van der Waals surface area contributed by atoms with E-state index >= 15 is 0 Å². The molecule has 2 N–H and O–H groups in total. The Hall–Kier alpha value is -2.86. The van der Waals surface area contributed by atoms with Crippen LogP contribution in [-0.2, 0) is 11.3 Å². The van der Waals surface area contributed by atoms with E-state index in [9.17, 15) is 9.59 Å². The SMILES string of the molecule is CC(C)N(Cc1ccccc1)C(=O)CN1CCCCC1CNC(=O)Nc1ccccc1. The van der Waals surface area contributed by atoms with Crippen LogP contribution in [0.2, 0.25) is 0 Å². The van der Waals surface area contributed by atoms with Crippen molar-refractivity contribution in [2.24, 2.45) is 0 Å². The molecule has 6 nitrogen and oxygen atoms in total.